The van der Waals surface area contributed by atoms with E-state index in [1.165, 1.54) is 24.0 Å². The van der Waals surface area contributed by atoms with Gasteiger partial charge in [-0.3, -0.25) is 0 Å². The summed E-state index contributed by atoms with van der Waals surface area (Å²) in [5.41, 5.74) is 5.91. The maximum absolute atomic E-state index is 9.64. The molecular formula is C29H34N4O. The smallest absolute Gasteiger partial charge is 0.140 e. The van der Waals surface area contributed by atoms with Crippen LogP contribution in [0.4, 0.5) is 0 Å². The molecule has 0 aliphatic heterocycles. The number of hydrogen-bond acceptors (Lipinski definition) is 5. The molecule has 3 aromatic rings. The number of rotatable bonds is 6. The summed E-state index contributed by atoms with van der Waals surface area (Å²) in [6.07, 6.45) is 6.42. The van der Waals surface area contributed by atoms with Crippen molar-refractivity contribution >= 4 is 0 Å². The third-order valence-electron chi connectivity index (χ3n) is 5.53. The summed E-state index contributed by atoms with van der Waals surface area (Å²) in [5.74, 6) is 0.362. The number of nitriles is 2. The van der Waals surface area contributed by atoms with Crippen LogP contribution in [0.2, 0.25) is 0 Å². The lowest BCUT2D eigenvalue weighted by atomic mass is 9.96. The number of aryl methyl sites for hydroxylation is 2. The topological polar surface area (TPSA) is 92.7 Å². The number of phenolic OH excluding ortho intramolecular Hbond substituents is 1. The molecule has 0 radical (unpaired) electrons. The van der Waals surface area contributed by atoms with Crippen molar-refractivity contribution in [3.63, 3.8) is 0 Å². The molecular weight excluding hydrogens is 420 g/mol. The molecule has 0 saturated heterocycles. The van der Waals surface area contributed by atoms with Gasteiger partial charge in [-0.05, 0) is 92.6 Å². The quantitative estimate of drug-likeness (QED) is 0.480. The minimum Gasteiger partial charge on any atom is -0.508 e. The van der Waals surface area contributed by atoms with E-state index in [4.69, 9.17) is 10.5 Å². The normalized spacial score (nSPS) is 11.4. The van der Waals surface area contributed by atoms with Crippen molar-refractivity contribution < 1.29 is 5.11 Å². The second kappa shape index (κ2) is 15.2. The van der Waals surface area contributed by atoms with Gasteiger partial charge >= 0.3 is 0 Å². The van der Waals surface area contributed by atoms with Gasteiger partial charge in [-0.2, -0.15) is 10.5 Å². The average Bonchev–Trinajstić information content (AvgIpc) is 2.91. The van der Waals surface area contributed by atoms with E-state index in [1.54, 1.807) is 6.07 Å². The highest BCUT2D eigenvalue weighted by molar-refractivity contribution is 5.33. The molecule has 0 saturated carbocycles. The highest BCUT2D eigenvalue weighted by atomic mass is 16.3. The summed E-state index contributed by atoms with van der Waals surface area (Å²) in [6, 6.07) is 23.1. The van der Waals surface area contributed by atoms with Gasteiger partial charge in [0.15, 0.2) is 0 Å². The molecule has 0 unspecified atom stereocenters. The summed E-state index contributed by atoms with van der Waals surface area (Å²) in [6.45, 7) is 5.73. The first-order valence-electron chi connectivity index (χ1n) is 12.0. The number of benzene rings is 2. The largest absolute Gasteiger partial charge is 0.508 e. The van der Waals surface area contributed by atoms with Gasteiger partial charge < -0.3 is 10.4 Å². The van der Waals surface area contributed by atoms with E-state index in [2.05, 4.69) is 22.4 Å². The van der Waals surface area contributed by atoms with Gasteiger partial charge in [-0.25, -0.2) is 4.98 Å². The molecule has 0 spiro atoms. The summed E-state index contributed by atoms with van der Waals surface area (Å²) >= 11 is 0. The van der Waals surface area contributed by atoms with E-state index in [9.17, 15) is 5.11 Å². The van der Waals surface area contributed by atoms with E-state index in [-0.39, 0.29) is 0 Å². The Morgan fingerprint density at radius 1 is 0.853 bits per heavy atom. The van der Waals surface area contributed by atoms with Crippen molar-refractivity contribution in [2.45, 2.75) is 52.4 Å². The Morgan fingerprint density at radius 3 is 2.26 bits per heavy atom. The summed E-state index contributed by atoms with van der Waals surface area (Å²) < 4.78 is 0. The van der Waals surface area contributed by atoms with Crippen LogP contribution in [0.3, 0.4) is 0 Å². The Labute approximate surface area is 203 Å². The predicted molar refractivity (Wildman–Crippen MR) is 136 cm³/mol. The zero-order valence-electron chi connectivity index (χ0n) is 20.2. The molecule has 0 fully saturated rings. The van der Waals surface area contributed by atoms with Gasteiger partial charge in [0.1, 0.15) is 17.5 Å². The zero-order valence-corrected chi connectivity index (χ0v) is 20.2. The van der Waals surface area contributed by atoms with E-state index in [0.29, 0.717) is 17.0 Å². The maximum atomic E-state index is 9.64. The summed E-state index contributed by atoms with van der Waals surface area (Å²) in [5, 5.41) is 30.4. The Balaban J connectivity index is 0.000000248. The Kier molecular flexibility index (Phi) is 11.9. The molecule has 4 rings (SSSR count). The molecule has 1 aromatic heterocycles. The number of aromatic hydroxyl groups is 1. The standard InChI is InChI=1S/C17H18N2O.C10H10N2.C2H6/c18-13-15-7-5-14(6-8-15)9-11-19-12-10-16-3-1-2-4-17(16)20;11-7-9-6-5-8-3-1-2-4-10(8)12-9;1-2/h1-8,19-20H,9-12H2;5-6H,1-4H2;1-2H3. The zero-order chi connectivity index (χ0) is 24.6. The third kappa shape index (κ3) is 8.70. The van der Waals surface area contributed by atoms with E-state index >= 15 is 0 Å². The van der Waals surface area contributed by atoms with Crippen LogP contribution in [0, 0.1) is 22.7 Å². The maximum Gasteiger partial charge on any atom is 0.140 e. The lowest BCUT2D eigenvalue weighted by Gasteiger charge is -2.13. The fourth-order valence-electron chi connectivity index (χ4n) is 3.69. The number of para-hydroxylation sites is 1. The van der Waals surface area contributed by atoms with Crippen molar-refractivity contribution in [3.05, 3.63) is 94.3 Å². The molecule has 1 aliphatic carbocycles. The molecule has 34 heavy (non-hydrogen) atoms. The molecule has 176 valence electrons. The van der Waals surface area contributed by atoms with Gasteiger partial charge in [0, 0.05) is 5.69 Å². The Morgan fingerprint density at radius 2 is 1.56 bits per heavy atom. The SMILES string of the molecule is CC.N#Cc1ccc(CCNCCc2ccccc2O)cc1.N#Cc1ccc2c(n1)CCCC2. The number of fused-ring (bicyclic) bond motifs is 1. The number of aromatic nitrogens is 1. The predicted octanol–water partition coefficient (Wildman–Crippen LogP) is 5.50. The van der Waals surface area contributed by atoms with Gasteiger partial charge in [-0.15, -0.1) is 0 Å². The lowest BCUT2D eigenvalue weighted by Crippen LogP contribution is -2.20. The molecule has 5 nitrogen and oxygen atoms in total. The fraction of sp³-hybridized carbons (Fsp3) is 0.345. The van der Waals surface area contributed by atoms with Crippen molar-refractivity contribution in [1.29, 1.82) is 10.5 Å². The van der Waals surface area contributed by atoms with Crippen molar-refractivity contribution in [3.8, 4) is 17.9 Å². The van der Waals surface area contributed by atoms with Crippen LogP contribution in [0.25, 0.3) is 0 Å². The summed E-state index contributed by atoms with van der Waals surface area (Å²) in [7, 11) is 0. The van der Waals surface area contributed by atoms with Gasteiger partial charge in [0.2, 0.25) is 0 Å². The van der Waals surface area contributed by atoms with Crippen molar-refractivity contribution in [2.24, 2.45) is 0 Å². The number of pyridine rings is 1. The molecule has 0 atom stereocenters. The Hall–Kier alpha value is -3.67. The second-order valence-corrected chi connectivity index (χ2v) is 7.81. The minimum absolute atomic E-state index is 0.362. The lowest BCUT2D eigenvalue weighted by molar-refractivity contribution is 0.467. The highest BCUT2D eigenvalue weighted by Crippen LogP contribution is 2.19. The van der Waals surface area contributed by atoms with E-state index in [0.717, 1.165) is 50.0 Å². The van der Waals surface area contributed by atoms with Gasteiger partial charge in [0.25, 0.3) is 0 Å². The number of phenols is 1. The molecule has 5 heteroatoms. The summed E-state index contributed by atoms with van der Waals surface area (Å²) in [4.78, 5) is 4.27. The number of nitrogens with one attached hydrogen (secondary N) is 1. The molecule has 1 aliphatic rings. The van der Waals surface area contributed by atoms with Crippen LogP contribution in [0.1, 0.15) is 60.3 Å². The van der Waals surface area contributed by atoms with Crippen molar-refractivity contribution in [2.75, 3.05) is 13.1 Å². The van der Waals surface area contributed by atoms with E-state index in [1.807, 2.05) is 68.4 Å². The number of hydrogen-bond donors (Lipinski definition) is 2. The Bertz CT molecular complexity index is 1090. The molecule has 0 bridgehead atoms. The molecule has 2 N–H and O–H groups in total. The first-order chi connectivity index (χ1) is 16.7. The number of nitrogens with zero attached hydrogens (tertiary/aromatic N) is 3. The van der Waals surface area contributed by atoms with Gasteiger partial charge in [-0.1, -0.05) is 50.2 Å². The van der Waals surface area contributed by atoms with Gasteiger partial charge in [0.05, 0.1) is 11.6 Å². The third-order valence-corrected chi connectivity index (χ3v) is 5.53. The molecule has 0 amide bonds. The average molecular weight is 455 g/mol. The first-order valence-corrected chi connectivity index (χ1v) is 12.0. The first kappa shape index (κ1) is 26.6. The van der Waals surface area contributed by atoms with Crippen LogP contribution >= 0.6 is 0 Å². The van der Waals surface area contributed by atoms with Crippen LogP contribution in [0.15, 0.2) is 60.7 Å². The van der Waals surface area contributed by atoms with E-state index < -0.39 is 0 Å². The minimum atomic E-state index is 0.362. The van der Waals surface area contributed by atoms with Crippen LogP contribution in [-0.4, -0.2) is 23.2 Å². The second-order valence-electron chi connectivity index (χ2n) is 7.81. The van der Waals surface area contributed by atoms with Crippen LogP contribution in [0.5, 0.6) is 5.75 Å². The monoisotopic (exact) mass is 454 g/mol. The fourth-order valence-corrected chi connectivity index (χ4v) is 3.69. The van der Waals surface area contributed by atoms with Crippen LogP contribution < -0.4 is 5.32 Å². The molecule has 1 heterocycles. The molecule has 2 aromatic carbocycles. The van der Waals surface area contributed by atoms with Crippen LogP contribution in [-0.2, 0) is 25.7 Å². The highest BCUT2D eigenvalue weighted by Gasteiger charge is 2.10. The van der Waals surface area contributed by atoms with Crippen molar-refractivity contribution in [1.82, 2.24) is 10.3 Å².